The molecule has 0 radical (unpaired) electrons. The van der Waals surface area contributed by atoms with Crippen molar-refractivity contribution in [1.29, 1.82) is 0 Å². The van der Waals surface area contributed by atoms with Gasteiger partial charge in [0.25, 0.3) is 0 Å². The van der Waals surface area contributed by atoms with Gasteiger partial charge in [-0.1, -0.05) is 42.5 Å². The van der Waals surface area contributed by atoms with E-state index in [0.29, 0.717) is 5.56 Å². The average molecular weight is 290 g/mol. The van der Waals surface area contributed by atoms with E-state index in [0.717, 1.165) is 12.0 Å². The third-order valence-electron chi connectivity index (χ3n) is 4.23. The summed E-state index contributed by atoms with van der Waals surface area (Å²) in [7, 11) is 0. The highest BCUT2D eigenvalue weighted by Crippen LogP contribution is 2.44. The van der Waals surface area contributed by atoms with E-state index < -0.39 is 5.75 Å². The van der Waals surface area contributed by atoms with Gasteiger partial charge in [-0.3, -0.25) is 0 Å². The highest BCUT2D eigenvalue weighted by atomic mass is 16.3. The van der Waals surface area contributed by atoms with Gasteiger partial charge in [0, 0.05) is 0 Å². The number of aromatic hydroxyl groups is 3. The van der Waals surface area contributed by atoms with Crippen LogP contribution >= 0.6 is 0 Å². The molecule has 0 amide bonds. The first-order valence-corrected chi connectivity index (χ1v) is 7.10. The van der Waals surface area contributed by atoms with E-state index >= 15 is 0 Å². The summed E-state index contributed by atoms with van der Waals surface area (Å²) in [6.07, 6.45) is 0.823. The van der Waals surface area contributed by atoms with Crippen molar-refractivity contribution >= 4 is 0 Å². The average Bonchev–Trinajstić information content (AvgIpc) is 2.90. The maximum atomic E-state index is 9.75. The lowest BCUT2D eigenvalue weighted by Gasteiger charge is -2.11. The van der Waals surface area contributed by atoms with Gasteiger partial charge in [-0.15, -0.1) is 0 Å². The molecule has 22 heavy (non-hydrogen) atoms. The van der Waals surface area contributed by atoms with Crippen LogP contribution in [0.3, 0.4) is 0 Å². The predicted molar refractivity (Wildman–Crippen MR) is 85.1 cm³/mol. The lowest BCUT2D eigenvalue weighted by molar-refractivity contribution is 0.368. The number of benzene rings is 3. The Bertz CT molecular complexity index is 874. The summed E-state index contributed by atoms with van der Waals surface area (Å²) in [6, 6.07) is 17.3. The minimum absolute atomic E-state index is 0.317. The van der Waals surface area contributed by atoms with Crippen LogP contribution in [0.25, 0.3) is 22.3 Å². The maximum absolute atomic E-state index is 9.75. The minimum atomic E-state index is -0.486. The van der Waals surface area contributed by atoms with Crippen molar-refractivity contribution in [3.05, 3.63) is 65.7 Å². The quantitative estimate of drug-likeness (QED) is 0.464. The van der Waals surface area contributed by atoms with Crippen LogP contribution in [-0.4, -0.2) is 15.3 Å². The molecule has 3 aromatic carbocycles. The summed E-state index contributed by atoms with van der Waals surface area (Å²) in [5.41, 5.74) is 6.51. The molecule has 3 N–H and O–H groups in total. The topological polar surface area (TPSA) is 60.7 Å². The zero-order valence-electron chi connectivity index (χ0n) is 11.7. The fourth-order valence-electron chi connectivity index (χ4n) is 3.19. The smallest absolute Gasteiger partial charge is 0.200 e. The lowest BCUT2D eigenvalue weighted by Crippen LogP contribution is -1.88. The molecular weight excluding hydrogens is 276 g/mol. The van der Waals surface area contributed by atoms with Crippen LogP contribution in [0.1, 0.15) is 11.1 Å². The Balaban J connectivity index is 1.93. The monoisotopic (exact) mass is 290 g/mol. The van der Waals surface area contributed by atoms with Gasteiger partial charge in [-0.2, -0.15) is 0 Å². The van der Waals surface area contributed by atoms with Crippen LogP contribution < -0.4 is 0 Å². The molecule has 3 nitrogen and oxygen atoms in total. The molecule has 0 unspecified atom stereocenters. The van der Waals surface area contributed by atoms with Crippen LogP contribution in [0.5, 0.6) is 17.2 Å². The Hall–Kier alpha value is -2.94. The number of fused-ring (bicyclic) bond motifs is 3. The highest BCUT2D eigenvalue weighted by molar-refractivity contribution is 5.85. The Morgan fingerprint density at radius 1 is 0.682 bits per heavy atom. The van der Waals surface area contributed by atoms with Crippen LogP contribution in [0.2, 0.25) is 0 Å². The van der Waals surface area contributed by atoms with Crippen LogP contribution in [-0.2, 0) is 6.42 Å². The van der Waals surface area contributed by atoms with Crippen molar-refractivity contribution in [2.75, 3.05) is 0 Å². The van der Waals surface area contributed by atoms with Gasteiger partial charge in [-0.05, 0) is 51.9 Å². The van der Waals surface area contributed by atoms with Crippen LogP contribution in [0.4, 0.5) is 0 Å². The van der Waals surface area contributed by atoms with E-state index in [4.69, 9.17) is 0 Å². The van der Waals surface area contributed by atoms with Crippen molar-refractivity contribution in [2.45, 2.75) is 6.42 Å². The zero-order valence-corrected chi connectivity index (χ0v) is 11.7. The second kappa shape index (κ2) is 4.53. The number of hydrogen-bond acceptors (Lipinski definition) is 3. The molecule has 4 rings (SSSR count). The van der Waals surface area contributed by atoms with Gasteiger partial charge in [-0.25, -0.2) is 0 Å². The van der Waals surface area contributed by atoms with E-state index in [9.17, 15) is 15.3 Å². The zero-order chi connectivity index (χ0) is 15.3. The fraction of sp³-hybridized carbons (Fsp3) is 0.0526. The normalized spacial score (nSPS) is 12.0. The number of phenols is 3. The van der Waals surface area contributed by atoms with Gasteiger partial charge >= 0.3 is 0 Å². The number of rotatable bonds is 1. The largest absolute Gasteiger partial charge is 0.504 e. The minimum Gasteiger partial charge on any atom is -0.504 e. The van der Waals surface area contributed by atoms with Gasteiger partial charge in [0.1, 0.15) is 0 Å². The Morgan fingerprint density at radius 2 is 1.32 bits per heavy atom. The van der Waals surface area contributed by atoms with E-state index in [2.05, 4.69) is 18.2 Å². The third kappa shape index (κ3) is 1.76. The number of phenolic OH excluding ortho intramolecular Hbond substituents is 3. The third-order valence-corrected chi connectivity index (χ3v) is 4.23. The molecule has 0 atom stereocenters. The second-order valence-corrected chi connectivity index (χ2v) is 5.53. The van der Waals surface area contributed by atoms with Crippen LogP contribution in [0.15, 0.2) is 54.6 Å². The van der Waals surface area contributed by atoms with Crippen molar-refractivity contribution in [3.63, 3.8) is 0 Å². The first kappa shape index (κ1) is 12.8. The Morgan fingerprint density at radius 3 is 2.09 bits per heavy atom. The molecule has 0 aromatic heterocycles. The van der Waals surface area contributed by atoms with Gasteiger partial charge in [0.2, 0.25) is 0 Å². The molecule has 0 spiro atoms. The lowest BCUT2D eigenvalue weighted by atomic mass is 9.95. The molecule has 3 heteroatoms. The molecule has 1 aliphatic carbocycles. The van der Waals surface area contributed by atoms with E-state index in [1.165, 1.54) is 34.4 Å². The molecule has 0 bridgehead atoms. The second-order valence-electron chi connectivity index (χ2n) is 5.53. The summed E-state index contributed by atoms with van der Waals surface area (Å²) in [6.45, 7) is 0. The Labute approximate surface area is 127 Å². The van der Waals surface area contributed by atoms with Gasteiger partial charge < -0.3 is 15.3 Å². The first-order valence-electron chi connectivity index (χ1n) is 7.10. The Kier molecular flexibility index (Phi) is 2.63. The molecule has 0 saturated heterocycles. The van der Waals surface area contributed by atoms with Gasteiger partial charge in [0.15, 0.2) is 17.2 Å². The van der Waals surface area contributed by atoms with Crippen molar-refractivity contribution < 1.29 is 15.3 Å². The molecule has 0 fully saturated rings. The van der Waals surface area contributed by atoms with Crippen LogP contribution in [0, 0.1) is 0 Å². The maximum Gasteiger partial charge on any atom is 0.200 e. The molecule has 0 saturated carbocycles. The molecule has 0 heterocycles. The standard InChI is InChI=1S/C19H14O3/c20-17-9-12(10-18(21)19(17)22)14-6-3-7-15-13-5-2-1-4-11(13)8-16(14)15/h1-7,9-10,20-22H,8H2. The van der Waals surface area contributed by atoms with E-state index in [1.807, 2.05) is 24.3 Å². The summed E-state index contributed by atoms with van der Waals surface area (Å²) in [4.78, 5) is 0. The highest BCUT2D eigenvalue weighted by Gasteiger charge is 2.21. The summed E-state index contributed by atoms with van der Waals surface area (Å²) in [5, 5.41) is 29.0. The fourth-order valence-corrected chi connectivity index (χ4v) is 3.19. The molecule has 108 valence electrons. The predicted octanol–water partition coefficient (Wildman–Crippen LogP) is 4.04. The molecule has 1 aliphatic rings. The summed E-state index contributed by atoms with van der Waals surface area (Å²) >= 11 is 0. The molecule has 3 aromatic rings. The summed E-state index contributed by atoms with van der Waals surface area (Å²) in [5.74, 6) is -1.12. The number of hydrogen-bond donors (Lipinski definition) is 3. The van der Waals surface area contributed by atoms with E-state index in [-0.39, 0.29) is 11.5 Å². The molecule has 0 aliphatic heterocycles. The van der Waals surface area contributed by atoms with E-state index in [1.54, 1.807) is 0 Å². The molecular formula is C19H14O3. The SMILES string of the molecule is Oc1cc(-c2cccc3c2Cc2ccccc2-3)cc(O)c1O. The van der Waals surface area contributed by atoms with Crippen molar-refractivity contribution in [3.8, 4) is 39.5 Å². The van der Waals surface area contributed by atoms with Crippen molar-refractivity contribution in [2.24, 2.45) is 0 Å². The first-order chi connectivity index (χ1) is 10.6. The van der Waals surface area contributed by atoms with Crippen molar-refractivity contribution in [1.82, 2.24) is 0 Å². The van der Waals surface area contributed by atoms with Gasteiger partial charge in [0.05, 0.1) is 0 Å². The summed E-state index contributed by atoms with van der Waals surface area (Å²) < 4.78 is 0.